The molecule has 0 atom stereocenters. The molecule has 3 aromatic rings. The van der Waals surface area contributed by atoms with Gasteiger partial charge in [0.05, 0.1) is 12.2 Å². The Hall–Kier alpha value is -1.86. The Morgan fingerprint density at radius 2 is 2.30 bits per heavy atom. The van der Waals surface area contributed by atoms with Crippen LogP contribution in [0.4, 0.5) is 5.82 Å². The average Bonchev–Trinajstić information content (AvgIpc) is 3.14. The lowest BCUT2D eigenvalue weighted by molar-refractivity contribution is 0.554. The minimum atomic E-state index is 0.818. The van der Waals surface area contributed by atoms with Crippen molar-refractivity contribution < 1.29 is 0 Å². The quantitative estimate of drug-likeness (QED) is 0.790. The highest BCUT2D eigenvalue weighted by atomic mass is 32.1. The fraction of sp³-hybridized carbons (Fsp3) is 0.385. The zero-order chi connectivity index (χ0) is 13.5. The lowest BCUT2D eigenvalue weighted by Gasteiger charge is -2.28. The highest BCUT2D eigenvalue weighted by Crippen LogP contribution is 2.27. The van der Waals surface area contributed by atoms with Crippen LogP contribution in [0.15, 0.2) is 24.0 Å². The molecule has 0 amide bonds. The summed E-state index contributed by atoms with van der Waals surface area (Å²) in [7, 11) is 1.97. The summed E-state index contributed by atoms with van der Waals surface area (Å²) >= 11 is 1.68. The van der Waals surface area contributed by atoms with Crippen LogP contribution < -0.4 is 10.2 Å². The SMILES string of the molecule is CNCc1c(N2CCn3ccnc3C2)nc2sccn12. The van der Waals surface area contributed by atoms with Crippen LogP contribution in [0, 0.1) is 0 Å². The van der Waals surface area contributed by atoms with Crippen LogP contribution >= 0.6 is 11.3 Å². The van der Waals surface area contributed by atoms with Gasteiger partial charge in [-0.3, -0.25) is 4.40 Å². The molecule has 1 N–H and O–H groups in total. The van der Waals surface area contributed by atoms with Crippen molar-refractivity contribution in [2.75, 3.05) is 18.5 Å². The van der Waals surface area contributed by atoms with Gasteiger partial charge in [0.15, 0.2) is 10.8 Å². The summed E-state index contributed by atoms with van der Waals surface area (Å²) in [5, 5.41) is 5.32. The second-order valence-corrected chi connectivity index (χ2v) is 5.80. The standard InChI is InChI=1S/C13H16N6S/c1-14-8-10-12(16-13-19(10)6-7-20-13)18-5-4-17-3-2-15-11(17)9-18/h2-3,6-7,14H,4-5,8-9H2,1H3. The van der Waals surface area contributed by atoms with Crippen molar-refractivity contribution >= 4 is 22.1 Å². The maximum Gasteiger partial charge on any atom is 0.195 e. The van der Waals surface area contributed by atoms with Gasteiger partial charge in [-0.2, -0.15) is 0 Å². The van der Waals surface area contributed by atoms with Crippen molar-refractivity contribution in [3.8, 4) is 0 Å². The summed E-state index contributed by atoms with van der Waals surface area (Å²) in [6.07, 6.45) is 6.01. The van der Waals surface area contributed by atoms with E-state index in [1.807, 2.05) is 19.4 Å². The molecule has 4 rings (SSSR count). The summed E-state index contributed by atoms with van der Waals surface area (Å²) in [4.78, 5) is 12.6. The van der Waals surface area contributed by atoms with Crippen LogP contribution in [-0.4, -0.2) is 32.5 Å². The third-order valence-corrected chi connectivity index (χ3v) is 4.49. The zero-order valence-corrected chi connectivity index (χ0v) is 12.1. The lowest BCUT2D eigenvalue weighted by atomic mass is 10.3. The van der Waals surface area contributed by atoms with E-state index in [2.05, 4.69) is 35.7 Å². The zero-order valence-electron chi connectivity index (χ0n) is 11.3. The Morgan fingerprint density at radius 1 is 1.35 bits per heavy atom. The van der Waals surface area contributed by atoms with E-state index in [-0.39, 0.29) is 0 Å². The van der Waals surface area contributed by atoms with Crippen LogP contribution in [0.2, 0.25) is 0 Å². The summed E-state index contributed by atoms with van der Waals surface area (Å²) < 4.78 is 4.39. The van der Waals surface area contributed by atoms with Gasteiger partial charge in [-0.25, -0.2) is 9.97 Å². The van der Waals surface area contributed by atoms with E-state index >= 15 is 0 Å². The second-order valence-electron chi connectivity index (χ2n) is 4.93. The van der Waals surface area contributed by atoms with Gasteiger partial charge in [0.1, 0.15) is 5.82 Å². The molecule has 0 fully saturated rings. The molecular formula is C13H16N6S. The largest absolute Gasteiger partial charge is 0.346 e. The highest BCUT2D eigenvalue weighted by molar-refractivity contribution is 7.15. The monoisotopic (exact) mass is 288 g/mol. The minimum absolute atomic E-state index is 0.818. The van der Waals surface area contributed by atoms with Gasteiger partial charge in [0, 0.05) is 43.6 Å². The van der Waals surface area contributed by atoms with Gasteiger partial charge in [0.25, 0.3) is 0 Å². The van der Waals surface area contributed by atoms with Crippen LogP contribution in [0.5, 0.6) is 0 Å². The van der Waals surface area contributed by atoms with Crippen molar-refractivity contribution in [2.24, 2.45) is 0 Å². The number of anilines is 1. The van der Waals surface area contributed by atoms with Crippen molar-refractivity contribution in [2.45, 2.75) is 19.6 Å². The Bertz CT molecular complexity index is 739. The number of rotatable bonds is 3. The number of aromatic nitrogens is 4. The molecule has 6 nitrogen and oxygen atoms in total. The first kappa shape index (κ1) is 11.9. The molecule has 4 heterocycles. The van der Waals surface area contributed by atoms with Gasteiger partial charge in [-0.15, -0.1) is 11.3 Å². The third-order valence-electron chi connectivity index (χ3n) is 3.73. The Kier molecular flexibility index (Phi) is 2.75. The molecular weight excluding hydrogens is 272 g/mol. The fourth-order valence-electron chi connectivity index (χ4n) is 2.76. The number of nitrogens with one attached hydrogen (secondary N) is 1. The molecule has 0 bridgehead atoms. The first-order valence-corrected chi connectivity index (χ1v) is 7.59. The minimum Gasteiger partial charge on any atom is -0.346 e. The predicted molar refractivity (Wildman–Crippen MR) is 79.1 cm³/mol. The number of fused-ring (bicyclic) bond motifs is 2. The van der Waals surface area contributed by atoms with E-state index in [0.717, 1.165) is 42.8 Å². The lowest BCUT2D eigenvalue weighted by Crippen LogP contribution is -2.34. The normalized spacial score (nSPS) is 14.9. The van der Waals surface area contributed by atoms with Crippen LogP contribution in [0.3, 0.4) is 0 Å². The molecule has 1 aliphatic heterocycles. The number of nitrogens with zero attached hydrogens (tertiary/aromatic N) is 5. The first-order valence-electron chi connectivity index (χ1n) is 6.71. The molecule has 0 unspecified atom stereocenters. The number of thiazole rings is 1. The Balaban J connectivity index is 1.75. The van der Waals surface area contributed by atoms with Gasteiger partial charge in [0.2, 0.25) is 0 Å². The summed E-state index contributed by atoms with van der Waals surface area (Å²) in [6.45, 7) is 3.59. The van der Waals surface area contributed by atoms with E-state index in [4.69, 9.17) is 4.98 Å². The molecule has 0 aromatic carbocycles. The average molecular weight is 288 g/mol. The van der Waals surface area contributed by atoms with Crippen molar-refractivity contribution in [1.29, 1.82) is 0 Å². The van der Waals surface area contributed by atoms with Gasteiger partial charge in [-0.1, -0.05) is 0 Å². The molecule has 0 spiro atoms. The number of hydrogen-bond donors (Lipinski definition) is 1. The molecule has 1 aliphatic rings. The highest BCUT2D eigenvalue weighted by Gasteiger charge is 2.23. The summed E-state index contributed by atoms with van der Waals surface area (Å²) in [6, 6.07) is 0. The number of imidazole rings is 2. The fourth-order valence-corrected chi connectivity index (χ4v) is 3.49. The van der Waals surface area contributed by atoms with E-state index in [1.54, 1.807) is 11.3 Å². The van der Waals surface area contributed by atoms with Gasteiger partial charge >= 0.3 is 0 Å². The van der Waals surface area contributed by atoms with Crippen molar-refractivity contribution in [3.05, 3.63) is 35.5 Å². The second kappa shape index (κ2) is 4.60. The Labute approximate surface area is 120 Å². The smallest absolute Gasteiger partial charge is 0.195 e. The van der Waals surface area contributed by atoms with Gasteiger partial charge < -0.3 is 14.8 Å². The summed E-state index contributed by atoms with van der Waals surface area (Å²) in [5.74, 6) is 2.20. The van der Waals surface area contributed by atoms with E-state index < -0.39 is 0 Å². The van der Waals surface area contributed by atoms with Crippen LogP contribution in [0.1, 0.15) is 11.5 Å². The van der Waals surface area contributed by atoms with E-state index in [9.17, 15) is 0 Å². The summed E-state index contributed by atoms with van der Waals surface area (Å²) in [5.41, 5.74) is 1.23. The van der Waals surface area contributed by atoms with Gasteiger partial charge in [-0.05, 0) is 7.05 Å². The maximum absolute atomic E-state index is 4.80. The molecule has 0 saturated carbocycles. The molecule has 104 valence electrons. The van der Waals surface area contributed by atoms with Crippen LogP contribution in [-0.2, 0) is 19.6 Å². The Morgan fingerprint density at radius 3 is 3.20 bits per heavy atom. The van der Waals surface area contributed by atoms with Crippen LogP contribution in [0.25, 0.3) is 4.96 Å². The molecule has 3 aromatic heterocycles. The molecule has 20 heavy (non-hydrogen) atoms. The first-order chi connectivity index (χ1) is 9.86. The maximum atomic E-state index is 4.80. The van der Waals surface area contributed by atoms with E-state index in [1.165, 1.54) is 5.69 Å². The topological polar surface area (TPSA) is 50.4 Å². The van der Waals surface area contributed by atoms with E-state index in [0.29, 0.717) is 0 Å². The molecule has 7 heteroatoms. The molecule has 0 saturated heterocycles. The number of hydrogen-bond acceptors (Lipinski definition) is 5. The van der Waals surface area contributed by atoms with Crippen molar-refractivity contribution in [1.82, 2.24) is 24.3 Å². The molecule has 0 aliphatic carbocycles. The molecule has 0 radical (unpaired) electrons. The van der Waals surface area contributed by atoms with Crippen molar-refractivity contribution in [3.63, 3.8) is 0 Å². The third kappa shape index (κ3) is 1.74. The predicted octanol–water partition coefficient (Wildman–Crippen LogP) is 1.33.